The van der Waals surface area contributed by atoms with Gasteiger partial charge in [0.1, 0.15) is 11.6 Å². The molecule has 3 heteroatoms. The van der Waals surface area contributed by atoms with Gasteiger partial charge in [-0.25, -0.2) is 8.78 Å². The summed E-state index contributed by atoms with van der Waals surface area (Å²) in [4.78, 5) is 0. The first-order valence-corrected chi connectivity index (χ1v) is 6.98. The van der Waals surface area contributed by atoms with Crippen LogP contribution in [0.2, 0.25) is 0 Å². The predicted octanol–water partition coefficient (Wildman–Crippen LogP) is 5.41. The van der Waals surface area contributed by atoms with E-state index in [1.807, 2.05) is 20.8 Å². The molecule has 0 aromatic heterocycles. The normalized spacial score (nSPS) is 12.5. The molecule has 106 valence electrons. The maximum absolute atomic E-state index is 13.7. The Morgan fingerprint density at radius 3 is 2.15 bits per heavy atom. The van der Waals surface area contributed by atoms with Crippen molar-refractivity contribution in [1.29, 1.82) is 0 Å². The number of rotatable bonds is 3. The standard InChI is InChI=1S/C17H17ClF2/c1-10-6-11(2)17(12(3)7-10)15(18)8-13-4-5-14(19)9-16(13)20/h4-7,9,15H,8H2,1-3H3. The molecule has 2 aromatic carbocycles. The number of alkyl halides is 1. The van der Waals surface area contributed by atoms with E-state index in [2.05, 4.69) is 12.1 Å². The van der Waals surface area contributed by atoms with Gasteiger partial charge in [-0.15, -0.1) is 11.6 Å². The van der Waals surface area contributed by atoms with Gasteiger partial charge in [0.05, 0.1) is 5.38 Å². The Kier molecular flexibility index (Phi) is 4.44. The molecule has 2 aromatic rings. The number of hydrogen-bond donors (Lipinski definition) is 0. The first-order valence-electron chi connectivity index (χ1n) is 6.54. The van der Waals surface area contributed by atoms with Crippen LogP contribution in [0.1, 0.15) is 33.2 Å². The lowest BCUT2D eigenvalue weighted by Crippen LogP contribution is -2.03. The summed E-state index contributed by atoms with van der Waals surface area (Å²) >= 11 is 6.45. The predicted molar refractivity (Wildman–Crippen MR) is 79.3 cm³/mol. The van der Waals surface area contributed by atoms with E-state index in [4.69, 9.17) is 11.6 Å². The zero-order valence-corrected chi connectivity index (χ0v) is 12.6. The molecule has 0 saturated heterocycles. The minimum atomic E-state index is -0.569. The van der Waals surface area contributed by atoms with E-state index >= 15 is 0 Å². The zero-order valence-electron chi connectivity index (χ0n) is 11.8. The largest absolute Gasteiger partial charge is 0.207 e. The van der Waals surface area contributed by atoms with Crippen molar-refractivity contribution in [3.63, 3.8) is 0 Å². The number of benzene rings is 2. The van der Waals surface area contributed by atoms with Gasteiger partial charge in [0, 0.05) is 6.07 Å². The first-order chi connectivity index (χ1) is 9.38. The van der Waals surface area contributed by atoms with Crippen LogP contribution in [-0.4, -0.2) is 0 Å². The van der Waals surface area contributed by atoms with Gasteiger partial charge >= 0.3 is 0 Å². The van der Waals surface area contributed by atoms with E-state index in [9.17, 15) is 8.78 Å². The molecule has 20 heavy (non-hydrogen) atoms. The summed E-state index contributed by atoms with van der Waals surface area (Å²) in [6, 6.07) is 7.75. The maximum Gasteiger partial charge on any atom is 0.129 e. The summed E-state index contributed by atoms with van der Waals surface area (Å²) in [5.41, 5.74) is 4.85. The highest BCUT2D eigenvalue weighted by Gasteiger charge is 2.16. The van der Waals surface area contributed by atoms with Gasteiger partial charge in [0.2, 0.25) is 0 Å². The molecule has 0 nitrogen and oxygen atoms in total. The van der Waals surface area contributed by atoms with Crippen LogP contribution in [-0.2, 0) is 6.42 Å². The van der Waals surface area contributed by atoms with Crippen molar-refractivity contribution in [3.8, 4) is 0 Å². The van der Waals surface area contributed by atoms with Gasteiger partial charge in [0.15, 0.2) is 0 Å². The van der Waals surface area contributed by atoms with Crippen molar-refractivity contribution in [2.45, 2.75) is 32.6 Å². The summed E-state index contributed by atoms with van der Waals surface area (Å²) in [5, 5.41) is -0.324. The molecule has 1 atom stereocenters. The van der Waals surface area contributed by atoms with Crippen LogP contribution >= 0.6 is 11.6 Å². The first kappa shape index (κ1) is 15.0. The van der Waals surface area contributed by atoms with E-state index in [1.165, 1.54) is 17.7 Å². The smallest absolute Gasteiger partial charge is 0.129 e. The Labute approximate surface area is 123 Å². The monoisotopic (exact) mass is 294 g/mol. The SMILES string of the molecule is Cc1cc(C)c(C(Cl)Cc2ccc(F)cc2F)c(C)c1. The molecule has 0 radical (unpaired) electrons. The molecule has 0 saturated carbocycles. The van der Waals surface area contributed by atoms with Crippen molar-refractivity contribution >= 4 is 11.6 Å². The second-order valence-corrected chi connectivity index (χ2v) is 5.75. The highest BCUT2D eigenvalue weighted by Crippen LogP contribution is 2.31. The Bertz CT molecular complexity index is 612. The molecule has 0 spiro atoms. The second-order valence-electron chi connectivity index (χ2n) is 5.22. The Balaban J connectivity index is 2.31. The van der Waals surface area contributed by atoms with Crippen LogP contribution in [0.15, 0.2) is 30.3 Å². The molecule has 0 heterocycles. The van der Waals surface area contributed by atoms with E-state index < -0.39 is 11.6 Å². The van der Waals surface area contributed by atoms with Crippen molar-refractivity contribution < 1.29 is 8.78 Å². The quantitative estimate of drug-likeness (QED) is 0.664. The Morgan fingerprint density at radius 1 is 1.00 bits per heavy atom. The van der Waals surface area contributed by atoms with Crippen molar-refractivity contribution in [2.24, 2.45) is 0 Å². The number of aryl methyl sites for hydroxylation is 3. The molecule has 1 unspecified atom stereocenters. The van der Waals surface area contributed by atoms with Gasteiger partial charge in [-0.3, -0.25) is 0 Å². The molecule has 0 bridgehead atoms. The van der Waals surface area contributed by atoms with Crippen molar-refractivity contribution in [3.05, 3.63) is 69.8 Å². The topological polar surface area (TPSA) is 0 Å². The lowest BCUT2D eigenvalue weighted by molar-refractivity contribution is 0.570. The molecule has 0 aliphatic carbocycles. The number of halogens is 3. The lowest BCUT2D eigenvalue weighted by Gasteiger charge is -2.17. The second kappa shape index (κ2) is 5.92. The van der Waals surface area contributed by atoms with Gasteiger partial charge in [-0.05, 0) is 55.5 Å². The Morgan fingerprint density at radius 2 is 1.60 bits per heavy atom. The summed E-state index contributed by atoms with van der Waals surface area (Å²) in [7, 11) is 0. The average Bonchev–Trinajstić information content (AvgIpc) is 2.31. The minimum Gasteiger partial charge on any atom is -0.207 e. The molecule has 2 rings (SSSR count). The van der Waals surface area contributed by atoms with Crippen LogP contribution < -0.4 is 0 Å². The highest BCUT2D eigenvalue weighted by atomic mass is 35.5. The van der Waals surface area contributed by atoms with E-state index in [1.54, 1.807) is 0 Å². The van der Waals surface area contributed by atoms with Crippen molar-refractivity contribution in [1.82, 2.24) is 0 Å². The van der Waals surface area contributed by atoms with Gasteiger partial charge in [-0.2, -0.15) is 0 Å². The fraction of sp³-hybridized carbons (Fsp3) is 0.294. The van der Waals surface area contributed by atoms with Crippen LogP contribution in [0.4, 0.5) is 8.78 Å². The van der Waals surface area contributed by atoms with Crippen LogP contribution in [0.25, 0.3) is 0 Å². The van der Waals surface area contributed by atoms with Crippen LogP contribution in [0.5, 0.6) is 0 Å². The summed E-state index contributed by atoms with van der Waals surface area (Å²) in [6.45, 7) is 6.05. The zero-order chi connectivity index (χ0) is 14.9. The van der Waals surface area contributed by atoms with Crippen LogP contribution in [0, 0.1) is 32.4 Å². The summed E-state index contributed by atoms with van der Waals surface area (Å²) in [5.74, 6) is -1.11. The number of hydrogen-bond acceptors (Lipinski definition) is 0. The van der Waals surface area contributed by atoms with E-state index in [-0.39, 0.29) is 5.38 Å². The van der Waals surface area contributed by atoms with Gasteiger partial charge in [0.25, 0.3) is 0 Å². The molecule has 0 N–H and O–H groups in total. The molecule has 0 aliphatic heterocycles. The lowest BCUT2D eigenvalue weighted by atomic mass is 9.94. The minimum absolute atomic E-state index is 0.324. The third kappa shape index (κ3) is 3.18. The van der Waals surface area contributed by atoms with Crippen LogP contribution in [0.3, 0.4) is 0 Å². The van der Waals surface area contributed by atoms with Gasteiger partial charge in [-0.1, -0.05) is 23.8 Å². The van der Waals surface area contributed by atoms with Gasteiger partial charge < -0.3 is 0 Å². The molecular formula is C17H17ClF2. The molecule has 0 aliphatic rings. The van der Waals surface area contributed by atoms with E-state index in [0.29, 0.717) is 12.0 Å². The Hall–Kier alpha value is -1.41. The maximum atomic E-state index is 13.7. The fourth-order valence-corrected chi connectivity index (χ4v) is 3.18. The summed E-state index contributed by atoms with van der Waals surface area (Å²) in [6.07, 6.45) is 0.346. The average molecular weight is 295 g/mol. The molecule has 0 amide bonds. The third-order valence-electron chi connectivity index (χ3n) is 3.47. The van der Waals surface area contributed by atoms with Crippen molar-refractivity contribution in [2.75, 3.05) is 0 Å². The molecular weight excluding hydrogens is 278 g/mol. The molecule has 0 fully saturated rings. The summed E-state index contributed by atoms with van der Waals surface area (Å²) < 4.78 is 26.6. The highest BCUT2D eigenvalue weighted by molar-refractivity contribution is 6.21. The fourth-order valence-electron chi connectivity index (χ4n) is 2.67. The third-order valence-corrected chi connectivity index (χ3v) is 3.84. The van der Waals surface area contributed by atoms with E-state index in [0.717, 1.165) is 22.8 Å².